The van der Waals surface area contributed by atoms with Gasteiger partial charge in [-0.15, -0.1) is 6.58 Å². The number of allylic oxidation sites excluding steroid dienone is 3. The van der Waals surface area contributed by atoms with Gasteiger partial charge in [0.15, 0.2) is 5.69 Å². The zero-order valence-corrected chi connectivity index (χ0v) is 21.6. The van der Waals surface area contributed by atoms with Gasteiger partial charge in [-0.1, -0.05) is 61.5 Å². The normalized spacial score (nSPS) is 28.1. The average Bonchev–Trinajstić information content (AvgIpc) is 3.45. The Kier molecular flexibility index (Phi) is 7.68. The van der Waals surface area contributed by atoms with Crippen molar-refractivity contribution in [3.63, 3.8) is 0 Å². The standard InChI is InChI=1S/C29H34N2O4P/c1-3-5-12-24-17-23(4-2)28-20-34-36(32,35-21-29(24)28)33-19-27-18-30(25-13-8-6-9-14-25)22-31(27)26-15-10-7-11-16-26/h4-16,18,22-24,28-29H,2-3,17,19-21H2,1H3/q+1/b12-5+/t23-,24?,28?,29+,36?/m1/s1. The van der Waals surface area contributed by atoms with Crippen LogP contribution in [0.15, 0.2) is 98.0 Å². The number of nitrogens with zero attached hydrogens (tertiary/aromatic N) is 2. The molecular weight excluding hydrogens is 471 g/mol. The van der Waals surface area contributed by atoms with Gasteiger partial charge in [0.2, 0.25) is 0 Å². The molecule has 1 saturated carbocycles. The molecule has 2 aromatic carbocycles. The molecule has 36 heavy (non-hydrogen) atoms. The van der Waals surface area contributed by atoms with Gasteiger partial charge < -0.3 is 0 Å². The SMILES string of the molecule is C=C[C@@H]1CC(/C=C/CC)[C@@H]2COP(=O)(OCc3cn(-c4ccccc4)c[n+]3-c3ccccc3)OCC21. The van der Waals surface area contributed by atoms with Crippen LogP contribution in [0.2, 0.25) is 0 Å². The number of fused-ring (bicyclic) bond motifs is 1. The maximum atomic E-state index is 13.6. The van der Waals surface area contributed by atoms with E-state index in [1.807, 2.05) is 88.4 Å². The van der Waals surface area contributed by atoms with Crippen LogP contribution < -0.4 is 4.57 Å². The molecule has 1 aliphatic carbocycles. The molecule has 5 rings (SSSR count). The summed E-state index contributed by atoms with van der Waals surface area (Å²) in [5, 5.41) is 0. The Morgan fingerprint density at radius 1 is 1.06 bits per heavy atom. The van der Waals surface area contributed by atoms with E-state index in [0.29, 0.717) is 25.0 Å². The van der Waals surface area contributed by atoms with Crippen LogP contribution in [0, 0.1) is 23.7 Å². The van der Waals surface area contributed by atoms with Crippen LogP contribution in [-0.2, 0) is 24.7 Å². The number of hydrogen-bond donors (Lipinski definition) is 0. The lowest BCUT2D eigenvalue weighted by Gasteiger charge is -2.19. The van der Waals surface area contributed by atoms with Crippen LogP contribution in [-0.4, -0.2) is 17.8 Å². The Morgan fingerprint density at radius 3 is 2.39 bits per heavy atom. The van der Waals surface area contributed by atoms with Crippen molar-refractivity contribution in [1.29, 1.82) is 0 Å². The van der Waals surface area contributed by atoms with E-state index in [2.05, 4.69) is 25.7 Å². The van der Waals surface area contributed by atoms with E-state index in [-0.39, 0.29) is 18.4 Å². The van der Waals surface area contributed by atoms with Crippen LogP contribution in [0.4, 0.5) is 0 Å². The lowest BCUT2D eigenvalue weighted by atomic mass is 9.88. The molecule has 0 radical (unpaired) electrons. The van der Waals surface area contributed by atoms with E-state index in [4.69, 9.17) is 13.6 Å². The third-order valence-electron chi connectivity index (χ3n) is 7.26. The van der Waals surface area contributed by atoms with Gasteiger partial charge in [0, 0.05) is 0 Å². The summed E-state index contributed by atoms with van der Waals surface area (Å²) < 4.78 is 35.3. The number of aromatic nitrogens is 2. The molecule has 3 unspecified atom stereocenters. The molecular formula is C29H34N2O4P+. The molecule has 2 fully saturated rings. The summed E-state index contributed by atoms with van der Waals surface area (Å²) in [6.07, 6.45) is 12.5. The van der Waals surface area contributed by atoms with E-state index in [9.17, 15) is 4.57 Å². The monoisotopic (exact) mass is 505 g/mol. The predicted molar refractivity (Wildman–Crippen MR) is 140 cm³/mol. The highest BCUT2D eigenvalue weighted by Crippen LogP contribution is 2.56. The number of para-hydroxylation sites is 2. The van der Waals surface area contributed by atoms with Crippen LogP contribution >= 0.6 is 7.82 Å². The average molecular weight is 506 g/mol. The minimum Gasteiger partial charge on any atom is -0.287 e. The third-order valence-corrected chi connectivity index (χ3v) is 8.64. The van der Waals surface area contributed by atoms with Gasteiger partial charge in [0.1, 0.15) is 24.2 Å². The van der Waals surface area contributed by atoms with Crippen molar-refractivity contribution < 1.29 is 22.7 Å². The molecule has 2 aliphatic rings. The molecule has 0 amide bonds. The highest BCUT2D eigenvalue weighted by molar-refractivity contribution is 7.48. The molecule has 6 nitrogen and oxygen atoms in total. The van der Waals surface area contributed by atoms with Gasteiger partial charge in [0.25, 0.3) is 6.33 Å². The third kappa shape index (κ3) is 5.33. The molecule has 0 bridgehead atoms. The van der Waals surface area contributed by atoms with E-state index in [1.165, 1.54) is 0 Å². The zero-order valence-electron chi connectivity index (χ0n) is 20.7. The Labute approximate surface area is 213 Å². The summed E-state index contributed by atoms with van der Waals surface area (Å²) >= 11 is 0. The van der Waals surface area contributed by atoms with Gasteiger partial charge in [-0.3, -0.25) is 13.6 Å². The molecule has 0 N–H and O–H groups in total. The van der Waals surface area contributed by atoms with Crippen LogP contribution in [0.5, 0.6) is 0 Å². The van der Waals surface area contributed by atoms with Crippen molar-refractivity contribution in [3.05, 3.63) is 104 Å². The summed E-state index contributed by atoms with van der Waals surface area (Å²) in [6.45, 7) is 6.96. The Morgan fingerprint density at radius 2 is 1.72 bits per heavy atom. The van der Waals surface area contributed by atoms with Crippen molar-refractivity contribution >= 4 is 7.82 Å². The van der Waals surface area contributed by atoms with E-state index >= 15 is 0 Å². The number of hydrogen-bond acceptors (Lipinski definition) is 4. The van der Waals surface area contributed by atoms with Crippen molar-refractivity contribution in [2.24, 2.45) is 23.7 Å². The van der Waals surface area contributed by atoms with Crippen molar-refractivity contribution in [2.45, 2.75) is 26.4 Å². The molecule has 0 spiro atoms. The topological polar surface area (TPSA) is 53.6 Å². The second kappa shape index (κ2) is 11.1. The second-order valence-electron chi connectivity index (χ2n) is 9.46. The van der Waals surface area contributed by atoms with Gasteiger partial charge in [-0.05, 0) is 60.8 Å². The molecule has 1 aromatic heterocycles. The molecule has 1 saturated heterocycles. The minimum absolute atomic E-state index is 0.0887. The Bertz CT molecular complexity index is 1240. The van der Waals surface area contributed by atoms with E-state index < -0.39 is 7.82 Å². The second-order valence-corrected chi connectivity index (χ2v) is 11.1. The quantitative estimate of drug-likeness (QED) is 0.201. The van der Waals surface area contributed by atoms with Crippen molar-refractivity contribution in [2.75, 3.05) is 13.2 Å². The van der Waals surface area contributed by atoms with E-state index in [0.717, 1.165) is 29.9 Å². The van der Waals surface area contributed by atoms with E-state index in [1.54, 1.807) is 0 Å². The Balaban J connectivity index is 1.35. The number of imidazole rings is 1. The summed E-state index contributed by atoms with van der Waals surface area (Å²) in [7, 11) is -3.72. The van der Waals surface area contributed by atoms with Crippen molar-refractivity contribution in [3.8, 4) is 11.4 Å². The fraction of sp³-hybridized carbons (Fsp3) is 0.345. The largest absolute Gasteiger partial charge is 0.475 e. The summed E-state index contributed by atoms with van der Waals surface area (Å²) in [5.41, 5.74) is 2.85. The molecule has 7 heteroatoms. The lowest BCUT2D eigenvalue weighted by molar-refractivity contribution is -0.605. The van der Waals surface area contributed by atoms with Gasteiger partial charge in [-0.25, -0.2) is 9.13 Å². The number of phosphoric ester groups is 1. The maximum absolute atomic E-state index is 13.6. The summed E-state index contributed by atoms with van der Waals surface area (Å²) in [4.78, 5) is 0. The smallest absolute Gasteiger partial charge is 0.287 e. The van der Waals surface area contributed by atoms with Crippen LogP contribution in [0.25, 0.3) is 11.4 Å². The predicted octanol–water partition coefficient (Wildman–Crippen LogP) is 6.45. The molecule has 3 aromatic rings. The Hall–Kier alpha value is -2.76. The highest BCUT2D eigenvalue weighted by atomic mass is 31.2. The first kappa shape index (κ1) is 24.9. The molecule has 5 atom stereocenters. The summed E-state index contributed by atoms with van der Waals surface area (Å²) in [5.74, 6) is 1.15. The van der Waals surface area contributed by atoms with Gasteiger partial charge >= 0.3 is 7.82 Å². The molecule has 2 heterocycles. The van der Waals surface area contributed by atoms with Crippen LogP contribution in [0.3, 0.4) is 0 Å². The number of phosphoric acid groups is 1. The lowest BCUT2D eigenvalue weighted by Crippen LogP contribution is -2.33. The summed E-state index contributed by atoms with van der Waals surface area (Å²) in [6, 6.07) is 20.1. The molecule has 188 valence electrons. The highest BCUT2D eigenvalue weighted by Gasteiger charge is 2.46. The minimum atomic E-state index is -3.72. The molecule has 1 aliphatic heterocycles. The fourth-order valence-electron chi connectivity index (χ4n) is 5.33. The van der Waals surface area contributed by atoms with Gasteiger partial charge in [-0.2, -0.15) is 4.57 Å². The van der Waals surface area contributed by atoms with Gasteiger partial charge in [0.05, 0.1) is 13.2 Å². The number of rotatable bonds is 8. The van der Waals surface area contributed by atoms with Crippen LogP contribution in [0.1, 0.15) is 25.5 Å². The maximum Gasteiger partial charge on any atom is 0.475 e. The first-order valence-electron chi connectivity index (χ1n) is 12.7. The first-order valence-corrected chi connectivity index (χ1v) is 14.1. The zero-order chi connectivity index (χ0) is 25.0. The first-order chi connectivity index (χ1) is 17.6. The fourth-order valence-corrected chi connectivity index (χ4v) is 6.56. The number of benzene rings is 2. The van der Waals surface area contributed by atoms with Crippen molar-refractivity contribution in [1.82, 2.24) is 4.57 Å².